The van der Waals surface area contributed by atoms with Gasteiger partial charge in [-0.1, -0.05) is 0 Å². The first-order chi connectivity index (χ1) is 7.56. The van der Waals surface area contributed by atoms with Crippen LogP contribution in [0.25, 0.3) is 0 Å². The molecule has 0 aliphatic rings. The number of nitrogens with two attached hydrogens (primary N) is 1. The van der Waals surface area contributed by atoms with Crippen molar-refractivity contribution in [2.75, 3.05) is 14.2 Å². The highest BCUT2D eigenvalue weighted by atomic mass is 16.5. The molecule has 0 radical (unpaired) electrons. The highest BCUT2D eigenvalue weighted by Crippen LogP contribution is 2.12. The van der Waals surface area contributed by atoms with Crippen LogP contribution in [0.3, 0.4) is 0 Å². The van der Waals surface area contributed by atoms with Gasteiger partial charge >= 0.3 is 0 Å². The zero-order valence-electron chi connectivity index (χ0n) is 9.67. The van der Waals surface area contributed by atoms with Crippen molar-refractivity contribution in [1.82, 2.24) is 14.9 Å². The van der Waals surface area contributed by atoms with Gasteiger partial charge in [0.15, 0.2) is 0 Å². The quantitative estimate of drug-likeness (QED) is 0.765. The van der Waals surface area contributed by atoms with E-state index in [0.717, 1.165) is 0 Å². The standard InChI is InChI=1S/C10H16N4O2/c1-7(11)10(15)14(2)6-8-9(16-3)13-5-4-12-8/h4-5,7H,6,11H2,1-3H3/t7-/m0/s1. The summed E-state index contributed by atoms with van der Waals surface area (Å²) in [6.45, 7) is 1.98. The Hall–Kier alpha value is -1.69. The van der Waals surface area contributed by atoms with Gasteiger partial charge in [-0.15, -0.1) is 0 Å². The molecule has 1 heterocycles. The Morgan fingerprint density at radius 1 is 1.56 bits per heavy atom. The number of hydrogen-bond acceptors (Lipinski definition) is 5. The Morgan fingerprint density at radius 2 is 2.19 bits per heavy atom. The summed E-state index contributed by atoms with van der Waals surface area (Å²) in [4.78, 5) is 21.2. The van der Waals surface area contributed by atoms with Crippen molar-refractivity contribution < 1.29 is 9.53 Å². The molecule has 1 amide bonds. The van der Waals surface area contributed by atoms with E-state index in [0.29, 0.717) is 18.1 Å². The second-order valence-electron chi connectivity index (χ2n) is 3.50. The molecule has 1 aromatic rings. The van der Waals surface area contributed by atoms with Gasteiger partial charge < -0.3 is 15.4 Å². The van der Waals surface area contributed by atoms with Gasteiger partial charge in [0.2, 0.25) is 11.8 Å². The van der Waals surface area contributed by atoms with Crippen molar-refractivity contribution in [2.24, 2.45) is 5.73 Å². The van der Waals surface area contributed by atoms with Gasteiger partial charge in [0.1, 0.15) is 5.69 Å². The van der Waals surface area contributed by atoms with E-state index in [1.54, 1.807) is 20.2 Å². The summed E-state index contributed by atoms with van der Waals surface area (Å²) in [7, 11) is 3.18. The lowest BCUT2D eigenvalue weighted by Crippen LogP contribution is -2.39. The number of hydrogen-bond donors (Lipinski definition) is 1. The van der Waals surface area contributed by atoms with Crippen LogP contribution in [0.15, 0.2) is 12.4 Å². The average Bonchev–Trinajstić information content (AvgIpc) is 2.28. The fourth-order valence-electron chi connectivity index (χ4n) is 1.28. The molecule has 6 heteroatoms. The molecular formula is C10H16N4O2. The molecule has 0 aromatic carbocycles. The molecule has 0 saturated heterocycles. The van der Waals surface area contributed by atoms with Gasteiger partial charge in [-0.05, 0) is 6.92 Å². The molecule has 0 fully saturated rings. The molecule has 0 saturated carbocycles. The average molecular weight is 224 g/mol. The van der Waals surface area contributed by atoms with E-state index < -0.39 is 6.04 Å². The Kier molecular flexibility index (Phi) is 4.19. The fourth-order valence-corrected chi connectivity index (χ4v) is 1.28. The van der Waals surface area contributed by atoms with E-state index in [4.69, 9.17) is 10.5 Å². The number of methoxy groups -OCH3 is 1. The van der Waals surface area contributed by atoms with Crippen molar-refractivity contribution in [3.05, 3.63) is 18.1 Å². The van der Waals surface area contributed by atoms with Gasteiger partial charge in [0.25, 0.3) is 0 Å². The SMILES string of the molecule is COc1nccnc1CN(C)C(=O)[C@H](C)N. The van der Waals surface area contributed by atoms with E-state index in [9.17, 15) is 4.79 Å². The fraction of sp³-hybridized carbons (Fsp3) is 0.500. The Labute approximate surface area is 94.4 Å². The molecule has 2 N–H and O–H groups in total. The van der Waals surface area contributed by atoms with Crippen LogP contribution in [0, 0.1) is 0 Å². The topological polar surface area (TPSA) is 81.3 Å². The van der Waals surface area contributed by atoms with Crippen molar-refractivity contribution in [1.29, 1.82) is 0 Å². The van der Waals surface area contributed by atoms with Gasteiger partial charge in [-0.2, -0.15) is 0 Å². The highest BCUT2D eigenvalue weighted by Gasteiger charge is 2.16. The molecule has 1 rings (SSSR count). The van der Waals surface area contributed by atoms with Crippen LogP contribution in [0.4, 0.5) is 0 Å². The second kappa shape index (κ2) is 5.41. The number of carbonyl (C=O) groups is 1. The lowest BCUT2D eigenvalue weighted by Gasteiger charge is -2.19. The number of ether oxygens (including phenoxy) is 1. The van der Waals surface area contributed by atoms with Gasteiger partial charge in [-0.25, -0.2) is 4.98 Å². The number of likely N-dealkylation sites (N-methyl/N-ethyl adjacent to an activating group) is 1. The van der Waals surface area contributed by atoms with Crippen LogP contribution in [0.1, 0.15) is 12.6 Å². The zero-order valence-corrected chi connectivity index (χ0v) is 9.67. The summed E-state index contributed by atoms with van der Waals surface area (Å²) in [5.74, 6) is 0.277. The number of aromatic nitrogens is 2. The van der Waals surface area contributed by atoms with Crippen LogP contribution in [0.2, 0.25) is 0 Å². The van der Waals surface area contributed by atoms with Crippen molar-refractivity contribution >= 4 is 5.91 Å². The Bertz CT molecular complexity index is 368. The van der Waals surface area contributed by atoms with Gasteiger partial charge in [0.05, 0.1) is 19.7 Å². The first-order valence-corrected chi connectivity index (χ1v) is 4.90. The Morgan fingerprint density at radius 3 is 2.75 bits per heavy atom. The zero-order chi connectivity index (χ0) is 12.1. The monoisotopic (exact) mass is 224 g/mol. The summed E-state index contributed by atoms with van der Waals surface area (Å²) in [5.41, 5.74) is 6.12. The van der Waals surface area contributed by atoms with Crippen molar-refractivity contribution in [3.63, 3.8) is 0 Å². The van der Waals surface area contributed by atoms with E-state index >= 15 is 0 Å². The highest BCUT2D eigenvalue weighted by molar-refractivity contribution is 5.80. The van der Waals surface area contributed by atoms with Crippen LogP contribution in [-0.4, -0.2) is 41.0 Å². The molecular weight excluding hydrogens is 208 g/mol. The van der Waals surface area contributed by atoms with E-state index in [-0.39, 0.29) is 5.91 Å². The van der Waals surface area contributed by atoms with Crippen LogP contribution in [0.5, 0.6) is 5.88 Å². The molecule has 88 valence electrons. The minimum Gasteiger partial charge on any atom is -0.480 e. The Balaban J connectivity index is 2.76. The van der Waals surface area contributed by atoms with Crippen LogP contribution >= 0.6 is 0 Å². The normalized spacial score (nSPS) is 12.0. The number of rotatable bonds is 4. The van der Waals surface area contributed by atoms with Gasteiger partial charge in [0, 0.05) is 19.4 Å². The number of nitrogens with zero attached hydrogens (tertiary/aromatic N) is 3. The number of amides is 1. The smallest absolute Gasteiger partial charge is 0.239 e. The molecule has 6 nitrogen and oxygen atoms in total. The summed E-state index contributed by atoms with van der Waals surface area (Å²) in [5, 5.41) is 0. The molecule has 1 atom stereocenters. The summed E-state index contributed by atoms with van der Waals surface area (Å²) < 4.78 is 5.04. The predicted molar refractivity (Wildman–Crippen MR) is 58.7 cm³/mol. The van der Waals surface area contributed by atoms with Crippen LogP contribution < -0.4 is 10.5 Å². The lowest BCUT2D eigenvalue weighted by atomic mass is 10.3. The maximum absolute atomic E-state index is 11.6. The number of carbonyl (C=O) groups excluding carboxylic acids is 1. The summed E-state index contributed by atoms with van der Waals surface area (Å²) in [6.07, 6.45) is 3.09. The first kappa shape index (κ1) is 12.4. The molecule has 0 aliphatic heterocycles. The predicted octanol–water partition coefficient (Wildman–Crippen LogP) is -0.209. The van der Waals surface area contributed by atoms with Crippen molar-refractivity contribution in [3.8, 4) is 5.88 Å². The largest absolute Gasteiger partial charge is 0.480 e. The van der Waals surface area contributed by atoms with E-state index in [1.807, 2.05) is 0 Å². The van der Waals surface area contributed by atoms with Crippen molar-refractivity contribution in [2.45, 2.75) is 19.5 Å². The van der Waals surface area contributed by atoms with E-state index in [2.05, 4.69) is 9.97 Å². The molecule has 0 spiro atoms. The third-order valence-corrected chi connectivity index (χ3v) is 2.08. The minimum absolute atomic E-state index is 0.146. The summed E-state index contributed by atoms with van der Waals surface area (Å²) in [6, 6.07) is -0.521. The molecule has 0 aliphatic carbocycles. The third-order valence-electron chi connectivity index (χ3n) is 2.08. The molecule has 0 bridgehead atoms. The lowest BCUT2D eigenvalue weighted by molar-refractivity contribution is -0.131. The minimum atomic E-state index is -0.521. The summed E-state index contributed by atoms with van der Waals surface area (Å²) >= 11 is 0. The molecule has 0 unspecified atom stereocenters. The first-order valence-electron chi connectivity index (χ1n) is 4.90. The van der Waals surface area contributed by atoms with E-state index in [1.165, 1.54) is 18.2 Å². The maximum atomic E-state index is 11.6. The third kappa shape index (κ3) is 2.90. The molecule has 1 aromatic heterocycles. The van der Waals surface area contributed by atoms with Gasteiger partial charge in [-0.3, -0.25) is 9.78 Å². The second-order valence-corrected chi connectivity index (χ2v) is 3.50. The maximum Gasteiger partial charge on any atom is 0.239 e. The molecule has 16 heavy (non-hydrogen) atoms. The van der Waals surface area contributed by atoms with Crippen LogP contribution in [-0.2, 0) is 11.3 Å².